The number of nitrogens with zero attached hydrogens (tertiary/aromatic N) is 1. The quantitative estimate of drug-likeness (QED) is 0.555. The van der Waals surface area contributed by atoms with Crippen molar-refractivity contribution in [2.24, 2.45) is 11.0 Å². The Morgan fingerprint density at radius 1 is 1.64 bits per heavy atom. The van der Waals surface area contributed by atoms with Gasteiger partial charge in [0.2, 0.25) is 0 Å². The van der Waals surface area contributed by atoms with Gasteiger partial charge in [-0.05, 0) is 20.3 Å². The van der Waals surface area contributed by atoms with Crippen LogP contribution in [0.1, 0.15) is 26.7 Å². The van der Waals surface area contributed by atoms with Gasteiger partial charge in [0.1, 0.15) is 5.71 Å². The van der Waals surface area contributed by atoms with Crippen LogP contribution in [0, 0.1) is 5.92 Å². The second kappa shape index (κ2) is 1.84. The monoisotopic (exact) mass is 152 g/mol. The van der Waals surface area contributed by atoms with Gasteiger partial charge in [-0.25, -0.2) is 0 Å². The first-order valence-corrected chi connectivity index (χ1v) is 3.99. The van der Waals surface area contributed by atoms with Crippen LogP contribution in [0.15, 0.2) is 5.10 Å². The lowest BCUT2D eigenvalue weighted by molar-refractivity contribution is -0.112. The van der Waals surface area contributed by atoms with Crippen LogP contribution in [0.4, 0.5) is 0 Å². The molecule has 0 unspecified atom stereocenters. The summed E-state index contributed by atoms with van der Waals surface area (Å²) in [4.78, 5) is 11.2. The van der Waals surface area contributed by atoms with Crippen molar-refractivity contribution >= 4 is 11.5 Å². The Morgan fingerprint density at radius 3 is 3.00 bits per heavy atom. The van der Waals surface area contributed by atoms with E-state index >= 15 is 0 Å². The number of hydrogen-bond acceptors (Lipinski definition) is 3. The zero-order valence-corrected chi connectivity index (χ0v) is 6.85. The van der Waals surface area contributed by atoms with Crippen molar-refractivity contribution < 1.29 is 4.79 Å². The first kappa shape index (κ1) is 6.83. The number of carbonyl (C=O) groups is 1. The highest BCUT2D eigenvalue weighted by Crippen LogP contribution is 2.33. The molecule has 0 aromatic rings. The SMILES string of the molecule is CC1(C)NN=C2C(=O)CC[C@H]21. The van der Waals surface area contributed by atoms with E-state index in [0.29, 0.717) is 12.3 Å². The number of Topliss-reactive ketones (excluding diaryl/α,β-unsaturated/α-hetero) is 1. The van der Waals surface area contributed by atoms with Crippen LogP contribution < -0.4 is 5.43 Å². The van der Waals surface area contributed by atoms with Gasteiger partial charge >= 0.3 is 0 Å². The molecule has 0 bridgehead atoms. The molecule has 1 aliphatic heterocycles. The summed E-state index contributed by atoms with van der Waals surface area (Å²) < 4.78 is 0. The Labute approximate surface area is 65.9 Å². The topological polar surface area (TPSA) is 41.5 Å². The van der Waals surface area contributed by atoms with Gasteiger partial charge in [-0.15, -0.1) is 0 Å². The molecule has 1 aliphatic carbocycles. The first-order valence-electron chi connectivity index (χ1n) is 3.99. The number of rotatable bonds is 0. The summed E-state index contributed by atoms with van der Waals surface area (Å²) in [5.41, 5.74) is 3.77. The molecule has 0 saturated heterocycles. The molecule has 1 atom stereocenters. The van der Waals surface area contributed by atoms with E-state index in [2.05, 4.69) is 24.4 Å². The van der Waals surface area contributed by atoms with Crippen molar-refractivity contribution in [2.75, 3.05) is 0 Å². The van der Waals surface area contributed by atoms with Gasteiger partial charge in [0.25, 0.3) is 0 Å². The predicted molar refractivity (Wildman–Crippen MR) is 42.4 cm³/mol. The molecular formula is C8H12N2O. The summed E-state index contributed by atoms with van der Waals surface area (Å²) >= 11 is 0. The van der Waals surface area contributed by atoms with E-state index in [0.717, 1.165) is 12.1 Å². The Bertz CT molecular complexity index is 242. The highest BCUT2D eigenvalue weighted by Gasteiger charge is 2.44. The number of hydrazone groups is 1. The Kier molecular flexibility index (Phi) is 1.14. The van der Waals surface area contributed by atoms with Gasteiger partial charge in [-0.3, -0.25) is 4.79 Å². The zero-order chi connectivity index (χ0) is 8.06. The van der Waals surface area contributed by atoms with E-state index in [9.17, 15) is 4.79 Å². The third kappa shape index (κ3) is 0.800. The lowest BCUT2D eigenvalue weighted by Crippen LogP contribution is -2.38. The fraction of sp³-hybridized carbons (Fsp3) is 0.750. The highest BCUT2D eigenvalue weighted by atomic mass is 16.1. The molecule has 0 spiro atoms. The van der Waals surface area contributed by atoms with Gasteiger partial charge in [0, 0.05) is 12.3 Å². The molecule has 1 heterocycles. The van der Waals surface area contributed by atoms with Crippen molar-refractivity contribution in [3.63, 3.8) is 0 Å². The first-order chi connectivity index (χ1) is 5.11. The summed E-state index contributed by atoms with van der Waals surface area (Å²) in [5, 5.41) is 4.05. The van der Waals surface area contributed by atoms with Gasteiger partial charge in [0.15, 0.2) is 5.78 Å². The Morgan fingerprint density at radius 2 is 2.36 bits per heavy atom. The maximum Gasteiger partial charge on any atom is 0.179 e. The predicted octanol–water partition coefficient (Wildman–Crippen LogP) is 0.703. The minimum Gasteiger partial charge on any atom is -0.303 e. The lowest BCUT2D eigenvalue weighted by Gasteiger charge is -2.23. The molecule has 2 aliphatic rings. The fourth-order valence-electron chi connectivity index (χ4n) is 1.86. The van der Waals surface area contributed by atoms with Crippen molar-refractivity contribution in [3.05, 3.63) is 0 Å². The van der Waals surface area contributed by atoms with Crippen LogP contribution in [0.25, 0.3) is 0 Å². The normalized spacial score (nSPS) is 33.1. The summed E-state index contributed by atoms with van der Waals surface area (Å²) in [6.45, 7) is 4.18. The smallest absolute Gasteiger partial charge is 0.179 e. The summed E-state index contributed by atoms with van der Waals surface area (Å²) in [7, 11) is 0. The average Bonchev–Trinajstić information content (AvgIpc) is 2.39. The molecule has 3 nitrogen and oxygen atoms in total. The standard InChI is InChI=1S/C8H12N2O/c1-8(2)5-3-4-6(11)7(5)9-10-8/h5,10H,3-4H2,1-2H3/t5-/m1/s1. The number of carbonyl (C=O) groups excluding carboxylic acids is 1. The van der Waals surface area contributed by atoms with E-state index in [1.807, 2.05) is 0 Å². The van der Waals surface area contributed by atoms with Crippen molar-refractivity contribution in [2.45, 2.75) is 32.2 Å². The van der Waals surface area contributed by atoms with E-state index in [4.69, 9.17) is 0 Å². The summed E-state index contributed by atoms with van der Waals surface area (Å²) in [6.07, 6.45) is 1.66. The van der Waals surface area contributed by atoms with E-state index in [1.165, 1.54) is 0 Å². The molecule has 0 aromatic carbocycles. The minimum atomic E-state index is 0.00148. The van der Waals surface area contributed by atoms with Crippen LogP contribution >= 0.6 is 0 Å². The van der Waals surface area contributed by atoms with Crippen LogP contribution in [0.3, 0.4) is 0 Å². The highest BCUT2D eigenvalue weighted by molar-refractivity contribution is 6.43. The Hall–Kier alpha value is -0.860. The largest absolute Gasteiger partial charge is 0.303 e. The molecule has 2 rings (SSSR count). The average molecular weight is 152 g/mol. The molecule has 1 fully saturated rings. The molecule has 0 amide bonds. The summed E-state index contributed by atoms with van der Waals surface area (Å²) in [5.74, 6) is 0.586. The van der Waals surface area contributed by atoms with E-state index < -0.39 is 0 Å². The second-order valence-electron chi connectivity index (χ2n) is 3.84. The molecule has 0 radical (unpaired) electrons. The third-order valence-electron chi connectivity index (χ3n) is 2.61. The van der Waals surface area contributed by atoms with Gasteiger partial charge in [-0.1, -0.05) is 0 Å². The Balaban J connectivity index is 2.33. The van der Waals surface area contributed by atoms with Crippen LogP contribution in [0.2, 0.25) is 0 Å². The molecule has 0 aromatic heterocycles. The van der Waals surface area contributed by atoms with Crippen LogP contribution in [-0.4, -0.2) is 17.0 Å². The maximum atomic E-state index is 11.2. The third-order valence-corrected chi connectivity index (χ3v) is 2.61. The number of nitrogens with one attached hydrogen (secondary N) is 1. The van der Waals surface area contributed by atoms with E-state index in [-0.39, 0.29) is 11.3 Å². The minimum absolute atomic E-state index is 0.00148. The van der Waals surface area contributed by atoms with Crippen molar-refractivity contribution in [1.29, 1.82) is 0 Å². The number of fused-ring (bicyclic) bond motifs is 1. The summed E-state index contributed by atoms with van der Waals surface area (Å²) in [6, 6.07) is 0. The van der Waals surface area contributed by atoms with Crippen LogP contribution in [-0.2, 0) is 4.79 Å². The van der Waals surface area contributed by atoms with Gasteiger partial charge in [-0.2, -0.15) is 5.10 Å². The molecule has 3 heteroatoms. The lowest BCUT2D eigenvalue weighted by atomic mass is 9.87. The molecule has 60 valence electrons. The van der Waals surface area contributed by atoms with Gasteiger partial charge in [0.05, 0.1) is 5.54 Å². The van der Waals surface area contributed by atoms with Crippen LogP contribution in [0.5, 0.6) is 0 Å². The maximum absolute atomic E-state index is 11.2. The molecular weight excluding hydrogens is 140 g/mol. The molecule has 11 heavy (non-hydrogen) atoms. The van der Waals surface area contributed by atoms with Gasteiger partial charge < -0.3 is 5.43 Å². The molecule has 1 N–H and O–H groups in total. The second-order valence-corrected chi connectivity index (χ2v) is 3.84. The number of hydrogen-bond donors (Lipinski definition) is 1. The zero-order valence-electron chi connectivity index (χ0n) is 6.85. The number of ketones is 1. The van der Waals surface area contributed by atoms with Crippen molar-refractivity contribution in [3.8, 4) is 0 Å². The van der Waals surface area contributed by atoms with E-state index in [1.54, 1.807) is 0 Å². The molecule has 1 saturated carbocycles. The fourth-order valence-corrected chi connectivity index (χ4v) is 1.86. The van der Waals surface area contributed by atoms with Crippen molar-refractivity contribution in [1.82, 2.24) is 5.43 Å².